The van der Waals surface area contributed by atoms with Gasteiger partial charge in [0, 0.05) is 29.8 Å². The number of nitrogens with zero attached hydrogens (tertiary/aromatic N) is 1. The Morgan fingerprint density at radius 1 is 1.15 bits per heavy atom. The zero-order chi connectivity index (χ0) is 19.4. The molecule has 0 radical (unpaired) electrons. The number of carbonyl (C=O) groups is 1. The fourth-order valence-electron chi connectivity index (χ4n) is 3.14. The Kier molecular flexibility index (Phi) is 6.53. The van der Waals surface area contributed by atoms with E-state index in [4.69, 9.17) is 39.5 Å². The van der Waals surface area contributed by atoms with Crippen molar-refractivity contribution < 1.29 is 9.53 Å². The van der Waals surface area contributed by atoms with Gasteiger partial charge in [0.25, 0.3) is 0 Å². The summed E-state index contributed by atoms with van der Waals surface area (Å²) in [6.07, 6.45) is 5.27. The number of rotatable bonds is 5. The Morgan fingerprint density at radius 3 is 2.59 bits per heavy atom. The fraction of sp³-hybridized carbons (Fsp3) is 0.250. The van der Waals surface area contributed by atoms with Crippen molar-refractivity contribution in [3.8, 4) is 5.75 Å². The fourth-order valence-corrected chi connectivity index (χ4v) is 4.02. The van der Waals surface area contributed by atoms with E-state index in [1.807, 2.05) is 18.2 Å². The highest BCUT2D eigenvalue weighted by atomic mass is 35.5. The van der Waals surface area contributed by atoms with Crippen molar-refractivity contribution in [3.05, 3.63) is 57.0 Å². The summed E-state index contributed by atoms with van der Waals surface area (Å²) in [4.78, 5) is 14.7. The number of nitrogens with one attached hydrogen (secondary N) is 1. The molecule has 7 heteroatoms. The van der Waals surface area contributed by atoms with Crippen LogP contribution < -0.4 is 15.0 Å². The lowest BCUT2D eigenvalue weighted by molar-refractivity contribution is -0.111. The Labute approximate surface area is 173 Å². The molecule has 2 aromatic carbocycles. The third kappa shape index (κ3) is 4.70. The van der Waals surface area contributed by atoms with E-state index in [-0.39, 0.29) is 5.91 Å². The Morgan fingerprint density at radius 2 is 1.89 bits per heavy atom. The monoisotopic (exact) mass is 424 g/mol. The van der Waals surface area contributed by atoms with Crippen LogP contribution >= 0.6 is 34.8 Å². The maximum Gasteiger partial charge on any atom is 0.248 e. The topological polar surface area (TPSA) is 41.6 Å². The summed E-state index contributed by atoms with van der Waals surface area (Å²) in [5, 5.41) is 4.38. The second-order valence-corrected chi connectivity index (χ2v) is 7.41. The first-order valence-electron chi connectivity index (χ1n) is 8.55. The minimum Gasteiger partial charge on any atom is -0.495 e. The molecule has 1 heterocycles. The minimum absolute atomic E-state index is 0.282. The van der Waals surface area contributed by atoms with Crippen LogP contribution in [0.15, 0.2) is 36.4 Å². The van der Waals surface area contributed by atoms with Crippen LogP contribution in [-0.2, 0) is 4.79 Å². The molecule has 0 aromatic heterocycles. The molecule has 142 valence electrons. The van der Waals surface area contributed by atoms with Gasteiger partial charge in [-0.05, 0) is 43.2 Å². The summed E-state index contributed by atoms with van der Waals surface area (Å²) in [6, 6.07) is 8.78. The Bertz CT molecular complexity index is 878. The van der Waals surface area contributed by atoms with Gasteiger partial charge in [0.15, 0.2) is 0 Å². The van der Waals surface area contributed by atoms with Gasteiger partial charge in [-0.3, -0.25) is 4.79 Å². The van der Waals surface area contributed by atoms with E-state index in [1.54, 1.807) is 18.2 Å². The summed E-state index contributed by atoms with van der Waals surface area (Å²) in [6.45, 7) is 1.86. The van der Waals surface area contributed by atoms with E-state index in [1.165, 1.54) is 13.2 Å². The smallest absolute Gasteiger partial charge is 0.248 e. The van der Waals surface area contributed by atoms with Crippen molar-refractivity contribution in [2.75, 3.05) is 30.4 Å². The molecule has 1 aliphatic rings. The number of benzene rings is 2. The average molecular weight is 426 g/mol. The second kappa shape index (κ2) is 8.87. The molecule has 3 rings (SSSR count). The highest BCUT2D eigenvalue weighted by Crippen LogP contribution is 2.36. The maximum absolute atomic E-state index is 12.5. The van der Waals surface area contributed by atoms with Gasteiger partial charge >= 0.3 is 0 Å². The molecule has 0 spiro atoms. The van der Waals surface area contributed by atoms with E-state index in [0.717, 1.165) is 31.6 Å². The normalized spacial score (nSPS) is 14.0. The van der Waals surface area contributed by atoms with Crippen molar-refractivity contribution in [3.63, 3.8) is 0 Å². The first-order valence-corrected chi connectivity index (χ1v) is 9.68. The van der Waals surface area contributed by atoms with Crippen molar-refractivity contribution in [1.82, 2.24) is 0 Å². The zero-order valence-corrected chi connectivity index (χ0v) is 17.0. The quantitative estimate of drug-likeness (QED) is 0.606. The molecule has 0 aliphatic carbocycles. The van der Waals surface area contributed by atoms with E-state index >= 15 is 0 Å². The molecule has 0 unspecified atom stereocenters. The number of anilines is 2. The number of methoxy groups -OCH3 is 1. The number of amides is 1. The zero-order valence-electron chi connectivity index (χ0n) is 14.8. The van der Waals surface area contributed by atoms with Crippen LogP contribution in [0.3, 0.4) is 0 Å². The molecule has 4 nitrogen and oxygen atoms in total. The summed E-state index contributed by atoms with van der Waals surface area (Å²) >= 11 is 18.6. The Hall–Kier alpha value is -1.88. The number of carbonyl (C=O) groups excluding carboxylic acids is 1. The van der Waals surface area contributed by atoms with Gasteiger partial charge in [-0.1, -0.05) is 40.9 Å². The van der Waals surface area contributed by atoms with E-state index in [2.05, 4.69) is 10.2 Å². The predicted octanol–water partition coefficient (Wildman–Crippen LogP) is 5.91. The van der Waals surface area contributed by atoms with Crippen LogP contribution in [0.2, 0.25) is 15.1 Å². The summed E-state index contributed by atoms with van der Waals surface area (Å²) in [5.74, 6) is 0.182. The van der Waals surface area contributed by atoms with Crippen LogP contribution in [0.1, 0.15) is 18.4 Å². The first-order chi connectivity index (χ1) is 13.0. The van der Waals surface area contributed by atoms with Crippen LogP contribution in [0, 0.1) is 0 Å². The lowest BCUT2D eigenvalue weighted by Gasteiger charge is -2.22. The van der Waals surface area contributed by atoms with E-state index in [9.17, 15) is 4.79 Å². The van der Waals surface area contributed by atoms with Crippen molar-refractivity contribution in [1.29, 1.82) is 0 Å². The summed E-state index contributed by atoms with van der Waals surface area (Å²) in [5.41, 5.74) is 2.17. The second-order valence-electron chi connectivity index (χ2n) is 6.16. The van der Waals surface area contributed by atoms with Crippen LogP contribution in [0.25, 0.3) is 6.08 Å². The number of hydrogen-bond acceptors (Lipinski definition) is 3. The molecular weight excluding hydrogens is 407 g/mol. The molecule has 1 saturated heterocycles. The van der Waals surface area contributed by atoms with Crippen LogP contribution in [0.5, 0.6) is 5.75 Å². The van der Waals surface area contributed by atoms with Crippen LogP contribution in [0.4, 0.5) is 11.4 Å². The molecule has 27 heavy (non-hydrogen) atoms. The molecule has 2 aromatic rings. The molecule has 1 amide bonds. The Balaban J connectivity index is 1.81. The minimum atomic E-state index is -0.282. The molecule has 0 bridgehead atoms. The van der Waals surface area contributed by atoms with Crippen molar-refractivity contribution in [2.24, 2.45) is 0 Å². The molecule has 1 aliphatic heterocycles. The van der Waals surface area contributed by atoms with Crippen molar-refractivity contribution in [2.45, 2.75) is 12.8 Å². The molecular formula is C20H19Cl3N2O2. The number of halogens is 3. The third-order valence-electron chi connectivity index (χ3n) is 4.32. The SMILES string of the molecule is COc1c(Cl)cc(Cl)cc1C=CC(=O)Nc1cccc(Cl)c1N1CCCC1. The molecule has 0 atom stereocenters. The van der Waals surface area contributed by atoms with Gasteiger partial charge in [-0.25, -0.2) is 0 Å². The standard InChI is InChI=1S/C20H19Cl3N2O2/c1-27-20-13(11-14(21)12-16(20)23)7-8-18(26)24-17-6-4-5-15(22)19(17)25-9-2-3-10-25/h4-8,11-12H,2-3,9-10H2,1H3,(H,24,26). The van der Waals surface area contributed by atoms with Gasteiger partial charge in [0.1, 0.15) is 5.75 Å². The van der Waals surface area contributed by atoms with E-state index < -0.39 is 0 Å². The van der Waals surface area contributed by atoms with E-state index in [0.29, 0.717) is 32.1 Å². The molecule has 1 fully saturated rings. The summed E-state index contributed by atoms with van der Waals surface area (Å²) in [7, 11) is 1.51. The van der Waals surface area contributed by atoms with Crippen molar-refractivity contribution >= 4 is 58.2 Å². The van der Waals surface area contributed by atoms with Gasteiger partial charge < -0.3 is 15.0 Å². The predicted molar refractivity (Wildman–Crippen MR) is 114 cm³/mol. The molecule has 0 saturated carbocycles. The lowest BCUT2D eigenvalue weighted by Crippen LogP contribution is -2.21. The van der Waals surface area contributed by atoms with Gasteiger partial charge in [0.2, 0.25) is 5.91 Å². The van der Waals surface area contributed by atoms with Crippen LogP contribution in [-0.4, -0.2) is 26.1 Å². The summed E-state index contributed by atoms with van der Waals surface area (Å²) < 4.78 is 5.29. The lowest BCUT2D eigenvalue weighted by atomic mass is 10.2. The van der Waals surface area contributed by atoms with Gasteiger partial charge in [-0.2, -0.15) is 0 Å². The number of para-hydroxylation sites is 1. The molecule has 1 N–H and O–H groups in total. The largest absolute Gasteiger partial charge is 0.495 e. The van der Waals surface area contributed by atoms with Gasteiger partial charge in [-0.15, -0.1) is 0 Å². The number of ether oxygens (including phenoxy) is 1. The first kappa shape index (κ1) is 19.9. The maximum atomic E-state index is 12.5. The average Bonchev–Trinajstić information content (AvgIpc) is 3.14. The highest BCUT2D eigenvalue weighted by Gasteiger charge is 2.19. The highest BCUT2D eigenvalue weighted by molar-refractivity contribution is 6.36. The number of hydrogen-bond donors (Lipinski definition) is 1. The van der Waals surface area contributed by atoms with Gasteiger partial charge in [0.05, 0.1) is 28.5 Å². The third-order valence-corrected chi connectivity index (χ3v) is 5.13.